The van der Waals surface area contributed by atoms with E-state index in [2.05, 4.69) is 10.3 Å². The van der Waals surface area contributed by atoms with E-state index in [9.17, 15) is 9.59 Å². The predicted octanol–water partition coefficient (Wildman–Crippen LogP) is 1.47. The third-order valence-corrected chi connectivity index (χ3v) is 3.79. The van der Waals surface area contributed by atoms with Crippen molar-refractivity contribution in [1.29, 1.82) is 0 Å². The second-order valence-electron chi connectivity index (χ2n) is 5.38. The molecule has 2 aromatic rings. The van der Waals surface area contributed by atoms with Crippen molar-refractivity contribution in [3.63, 3.8) is 0 Å². The number of carbonyl (C=O) groups excluding carboxylic acids is 2. The maximum absolute atomic E-state index is 12.1. The Morgan fingerprint density at radius 2 is 2.19 bits per heavy atom. The van der Waals surface area contributed by atoms with Crippen LogP contribution in [0.25, 0.3) is 10.9 Å². The van der Waals surface area contributed by atoms with Crippen molar-refractivity contribution in [3.05, 3.63) is 42.1 Å². The average Bonchev–Trinajstić information content (AvgIpc) is 2.60. The van der Waals surface area contributed by atoms with E-state index in [-0.39, 0.29) is 24.4 Å². The quantitative estimate of drug-likeness (QED) is 0.908. The monoisotopic (exact) mass is 283 g/mol. The van der Waals surface area contributed by atoms with Gasteiger partial charge >= 0.3 is 0 Å². The molecule has 5 heteroatoms. The van der Waals surface area contributed by atoms with Gasteiger partial charge in [-0.3, -0.25) is 14.6 Å². The van der Waals surface area contributed by atoms with Crippen LogP contribution < -0.4 is 5.32 Å². The molecule has 1 atom stereocenters. The highest BCUT2D eigenvalue weighted by Gasteiger charge is 2.26. The first kappa shape index (κ1) is 13.5. The van der Waals surface area contributed by atoms with E-state index in [1.165, 1.54) is 0 Å². The number of fused-ring (bicyclic) bond motifs is 1. The van der Waals surface area contributed by atoms with Crippen molar-refractivity contribution in [2.75, 3.05) is 6.54 Å². The van der Waals surface area contributed by atoms with E-state index in [4.69, 9.17) is 0 Å². The number of rotatable bonds is 2. The minimum atomic E-state index is -0.0930. The standard InChI is InChI=1S/C16H17N3O2/c1-11-7-15(20)18-9-16(21)19(11)10-12-4-5-14-13(8-12)3-2-6-17-14/h2-6,8,11H,7,9-10H2,1H3,(H,18,20). The molecule has 1 unspecified atom stereocenters. The molecule has 3 rings (SSSR count). The number of hydrogen-bond donors (Lipinski definition) is 1. The lowest BCUT2D eigenvalue weighted by molar-refractivity contribution is -0.132. The van der Waals surface area contributed by atoms with E-state index in [0.717, 1.165) is 16.5 Å². The molecule has 0 aliphatic carbocycles. The van der Waals surface area contributed by atoms with E-state index >= 15 is 0 Å². The number of benzene rings is 1. The summed E-state index contributed by atoms with van der Waals surface area (Å²) in [7, 11) is 0. The van der Waals surface area contributed by atoms with Crippen molar-refractivity contribution in [1.82, 2.24) is 15.2 Å². The first-order valence-electron chi connectivity index (χ1n) is 7.03. The van der Waals surface area contributed by atoms with Gasteiger partial charge in [0.1, 0.15) is 0 Å². The molecule has 1 aliphatic rings. The summed E-state index contributed by atoms with van der Waals surface area (Å²) in [5.41, 5.74) is 1.98. The summed E-state index contributed by atoms with van der Waals surface area (Å²) >= 11 is 0. The Bertz CT molecular complexity index is 699. The number of hydrogen-bond acceptors (Lipinski definition) is 3. The van der Waals surface area contributed by atoms with Gasteiger partial charge in [0.25, 0.3) is 0 Å². The van der Waals surface area contributed by atoms with Gasteiger partial charge in [0.05, 0.1) is 12.1 Å². The van der Waals surface area contributed by atoms with Crippen molar-refractivity contribution in [2.24, 2.45) is 0 Å². The fourth-order valence-corrected chi connectivity index (χ4v) is 2.64. The number of aromatic nitrogens is 1. The van der Waals surface area contributed by atoms with Gasteiger partial charge in [0.2, 0.25) is 11.8 Å². The fourth-order valence-electron chi connectivity index (χ4n) is 2.64. The Balaban J connectivity index is 1.85. The fraction of sp³-hybridized carbons (Fsp3) is 0.312. The molecule has 0 bridgehead atoms. The summed E-state index contributed by atoms with van der Waals surface area (Å²) in [5.74, 6) is -0.110. The van der Waals surface area contributed by atoms with Crippen LogP contribution in [-0.2, 0) is 16.1 Å². The van der Waals surface area contributed by atoms with Gasteiger partial charge in [-0.25, -0.2) is 0 Å². The van der Waals surface area contributed by atoms with Crippen LogP contribution in [0.4, 0.5) is 0 Å². The SMILES string of the molecule is CC1CC(=O)NCC(=O)N1Cc1ccc2ncccc2c1. The van der Waals surface area contributed by atoms with Crippen LogP contribution in [-0.4, -0.2) is 34.3 Å². The normalized spacial score (nSPS) is 19.5. The Morgan fingerprint density at radius 3 is 3.05 bits per heavy atom. The number of nitrogens with zero attached hydrogens (tertiary/aromatic N) is 2. The van der Waals surface area contributed by atoms with E-state index < -0.39 is 0 Å². The largest absolute Gasteiger partial charge is 0.347 e. The first-order valence-corrected chi connectivity index (χ1v) is 7.03. The molecular weight excluding hydrogens is 266 g/mol. The zero-order valence-corrected chi connectivity index (χ0v) is 11.9. The number of pyridine rings is 1. The molecule has 0 radical (unpaired) electrons. The van der Waals surface area contributed by atoms with Crippen LogP contribution >= 0.6 is 0 Å². The lowest BCUT2D eigenvalue weighted by atomic mass is 10.1. The Labute approximate surface area is 123 Å². The zero-order chi connectivity index (χ0) is 14.8. The maximum Gasteiger partial charge on any atom is 0.242 e. The molecule has 1 aromatic carbocycles. The smallest absolute Gasteiger partial charge is 0.242 e. The Hall–Kier alpha value is -2.43. The van der Waals surface area contributed by atoms with Crippen molar-refractivity contribution in [2.45, 2.75) is 25.9 Å². The summed E-state index contributed by atoms with van der Waals surface area (Å²) in [6.07, 6.45) is 2.11. The van der Waals surface area contributed by atoms with Gasteiger partial charge in [-0.15, -0.1) is 0 Å². The molecule has 1 aliphatic heterocycles. The van der Waals surface area contributed by atoms with Crippen molar-refractivity contribution >= 4 is 22.7 Å². The summed E-state index contributed by atoms with van der Waals surface area (Å²) < 4.78 is 0. The van der Waals surface area contributed by atoms with Gasteiger partial charge in [0, 0.05) is 30.6 Å². The van der Waals surface area contributed by atoms with Crippen LogP contribution in [0.15, 0.2) is 36.5 Å². The molecule has 1 saturated heterocycles. The first-order chi connectivity index (χ1) is 10.1. The third kappa shape index (κ3) is 2.86. The van der Waals surface area contributed by atoms with Crippen LogP contribution in [0, 0.1) is 0 Å². The molecule has 2 amide bonds. The minimum absolute atomic E-state index is 0.0420. The molecule has 0 spiro atoms. The van der Waals surface area contributed by atoms with E-state index in [1.54, 1.807) is 11.1 Å². The highest BCUT2D eigenvalue weighted by atomic mass is 16.2. The van der Waals surface area contributed by atoms with Gasteiger partial charge < -0.3 is 10.2 Å². The van der Waals surface area contributed by atoms with Crippen molar-refractivity contribution < 1.29 is 9.59 Å². The lowest BCUT2D eigenvalue weighted by Gasteiger charge is -2.26. The van der Waals surface area contributed by atoms with Crippen LogP contribution in [0.1, 0.15) is 18.9 Å². The van der Waals surface area contributed by atoms with Gasteiger partial charge in [0.15, 0.2) is 0 Å². The van der Waals surface area contributed by atoms with Crippen LogP contribution in [0.5, 0.6) is 0 Å². The highest BCUT2D eigenvalue weighted by molar-refractivity contribution is 5.88. The highest BCUT2D eigenvalue weighted by Crippen LogP contribution is 2.17. The number of amides is 2. The molecule has 2 heterocycles. The minimum Gasteiger partial charge on any atom is -0.347 e. The maximum atomic E-state index is 12.1. The topological polar surface area (TPSA) is 62.3 Å². The summed E-state index contributed by atoms with van der Waals surface area (Å²) in [6, 6.07) is 9.79. The molecule has 108 valence electrons. The second-order valence-corrected chi connectivity index (χ2v) is 5.38. The van der Waals surface area contributed by atoms with Crippen LogP contribution in [0.2, 0.25) is 0 Å². The average molecular weight is 283 g/mol. The molecular formula is C16H17N3O2. The number of nitrogens with one attached hydrogen (secondary N) is 1. The Morgan fingerprint density at radius 1 is 1.33 bits per heavy atom. The molecule has 1 fully saturated rings. The summed E-state index contributed by atoms with van der Waals surface area (Å²) in [5, 5.41) is 3.68. The van der Waals surface area contributed by atoms with E-state index in [0.29, 0.717) is 13.0 Å². The lowest BCUT2D eigenvalue weighted by Crippen LogP contribution is -2.39. The van der Waals surface area contributed by atoms with Gasteiger partial charge in [-0.2, -0.15) is 0 Å². The summed E-state index contributed by atoms with van der Waals surface area (Å²) in [4.78, 5) is 29.7. The molecule has 0 saturated carbocycles. The second kappa shape index (κ2) is 5.52. The molecule has 21 heavy (non-hydrogen) atoms. The third-order valence-electron chi connectivity index (χ3n) is 3.79. The molecule has 5 nitrogen and oxygen atoms in total. The van der Waals surface area contributed by atoms with Crippen molar-refractivity contribution in [3.8, 4) is 0 Å². The predicted molar refractivity (Wildman–Crippen MR) is 79.4 cm³/mol. The number of carbonyl (C=O) groups is 2. The van der Waals surface area contributed by atoms with Gasteiger partial charge in [-0.05, 0) is 30.7 Å². The van der Waals surface area contributed by atoms with Gasteiger partial charge in [-0.1, -0.05) is 12.1 Å². The Kier molecular flexibility index (Phi) is 3.56. The zero-order valence-electron chi connectivity index (χ0n) is 11.9. The van der Waals surface area contributed by atoms with E-state index in [1.807, 2.05) is 37.3 Å². The molecule has 1 aromatic heterocycles. The summed E-state index contributed by atoms with van der Waals surface area (Å²) in [6.45, 7) is 2.50. The van der Waals surface area contributed by atoms with Crippen LogP contribution in [0.3, 0.4) is 0 Å². The molecule has 1 N–H and O–H groups in total.